The van der Waals surface area contributed by atoms with E-state index in [1.54, 1.807) is 10.6 Å². The maximum absolute atomic E-state index is 12.2. The van der Waals surface area contributed by atoms with Crippen LogP contribution in [0.3, 0.4) is 0 Å². The molecule has 1 atom stereocenters. The molecule has 1 amide bonds. The highest BCUT2D eigenvalue weighted by molar-refractivity contribution is 6.31. The molecule has 0 unspecified atom stereocenters. The van der Waals surface area contributed by atoms with E-state index in [1.807, 2.05) is 62.6 Å². The third kappa shape index (κ3) is 3.65. The van der Waals surface area contributed by atoms with Crippen LogP contribution in [-0.4, -0.2) is 36.0 Å². The molecular formula is C16H20ClN3O. The van der Waals surface area contributed by atoms with E-state index >= 15 is 0 Å². The number of halogens is 1. The summed E-state index contributed by atoms with van der Waals surface area (Å²) in [6.07, 6.45) is 1.85. The van der Waals surface area contributed by atoms with Crippen LogP contribution in [0.2, 0.25) is 5.02 Å². The van der Waals surface area contributed by atoms with Gasteiger partial charge in [-0.05, 0) is 37.9 Å². The first kappa shape index (κ1) is 15.6. The maximum Gasteiger partial charge on any atom is 0.267 e. The van der Waals surface area contributed by atoms with Gasteiger partial charge in [-0.15, -0.1) is 0 Å². The molecule has 0 radical (unpaired) electrons. The van der Waals surface area contributed by atoms with Crippen molar-refractivity contribution in [2.24, 2.45) is 7.05 Å². The predicted octanol–water partition coefficient (Wildman–Crippen LogP) is 2.71. The fraction of sp³-hybridized carbons (Fsp3) is 0.312. The fourth-order valence-electron chi connectivity index (χ4n) is 2.29. The number of benzene rings is 1. The van der Waals surface area contributed by atoms with E-state index in [1.165, 1.54) is 0 Å². The first-order chi connectivity index (χ1) is 10.0. The van der Waals surface area contributed by atoms with Crippen LogP contribution in [-0.2, 0) is 7.05 Å². The van der Waals surface area contributed by atoms with Crippen molar-refractivity contribution in [3.8, 4) is 0 Å². The van der Waals surface area contributed by atoms with Gasteiger partial charge in [0.15, 0.2) is 0 Å². The Bertz CT molecular complexity index is 621. The van der Waals surface area contributed by atoms with Gasteiger partial charge in [-0.1, -0.05) is 29.8 Å². The van der Waals surface area contributed by atoms with E-state index in [9.17, 15) is 4.79 Å². The molecule has 21 heavy (non-hydrogen) atoms. The van der Waals surface area contributed by atoms with E-state index in [2.05, 4.69) is 5.32 Å². The largest absolute Gasteiger partial charge is 0.349 e. The molecule has 5 heteroatoms. The van der Waals surface area contributed by atoms with Gasteiger partial charge in [0.1, 0.15) is 5.69 Å². The number of hydrogen-bond donors (Lipinski definition) is 1. The van der Waals surface area contributed by atoms with E-state index in [0.29, 0.717) is 17.3 Å². The Morgan fingerprint density at radius 3 is 2.57 bits per heavy atom. The second-order valence-corrected chi connectivity index (χ2v) is 5.62. The van der Waals surface area contributed by atoms with Gasteiger partial charge >= 0.3 is 0 Å². The lowest BCUT2D eigenvalue weighted by atomic mass is 10.1. The SMILES string of the molecule is CN(C)[C@H](CNC(=O)c1cccn1C)c1ccccc1Cl. The number of nitrogens with zero attached hydrogens (tertiary/aromatic N) is 2. The standard InChI is InChI=1S/C16H20ClN3O/c1-19(2)15(12-7-4-5-8-13(12)17)11-18-16(21)14-9-6-10-20(14)3/h4-10,15H,11H2,1-3H3,(H,18,21)/t15-/m1/s1. The highest BCUT2D eigenvalue weighted by atomic mass is 35.5. The van der Waals surface area contributed by atoms with Crippen molar-refractivity contribution in [3.63, 3.8) is 0 Å². The number of carbonyl (C=O) groups excluding carboxylic acids is 1. The average molecular weight is 306 g/mol. The van der Waals surface area contributed by atoms with Crippen molar-refractivity contribution in [1.82, 2.24) is 14.8 Å². The summed E-state index contributed by atoms with van der Waals surface area (Å²) in [4.78, 5) is 14.2. The first-order valence-corrected chi connectivity index (χ1v) is 7.19. The van der Waals surface area contributed by atoms with Crippen LogP contribution in [0.25, 0.3) is 0 Å². The van der Waals surface area contributed by atoms with E-state index < -0.39 is 0 Å². The fourth-order valence-corrected chi connectivity index (χ4v) is 2.55. The van der Waals surface area contributed by atoms with Crippen molar-refractivity contribution < 1.29 is 4.79 Å². The van der Waals surface area contributed by atoms with Crippen LogP contribution in [0.5, 0.6) is 0 Å². The summed E-state index contributed by atoms with van der Waals surface area (Å²) in [5, 5.41) is 3.69. The van der Waals surface area contributed by atoms with Crippen molar-refractivity contribution in [3.05, 3.63) is 58.9 Å². The highest BCUT2D eigenvalue weighted by Gasteiger charge is 2.18. The Hall–Kier alpha value is -1.78. The molecular weight excluding hydrogens is 286 g/mol. The van der Waals surface area contributed by atoms with E-state index in [-0.39, 0.29) is 11.9 Å². The molecule has 0 saturated heterocycles. The van der Waals surface area contributed by atoms with Gasteiger partial charge in [0, 0.05) is 24.8 Å². The molecule has 4 nitrogen and oxygen atoms in total. The van der Waals surface area contributed by atoms with E-state index in [4.69, 9.17) is 11.6 Å². The Labute approximate surface area is 130 Å². The number of amides is 1. The predicted molar refractivity (Wildman–Crippen MR) is 85.6 cm³/mol. The smallest absolute Gasteiger partial charge is 0.267 e. The summed E-state index contributed by atoms with van der Waals surface area (Å²) < 4.78 is 1.80. The number of aromatic nitrogens is 1. The van der Waals surface area contributed by atoms with E-state index in [0.717, 1.165) is 5.56 Å². The number of hydrogen-bond acceptors (Lipinski definition) is 2. The molecule has 2 rings (SSSR count). The molecule has 1 heterocycles. The van der Waals surface area contributed by atoms with Crippen LogP contribution >= 0.6 is 11.6 Å². The quantitative estimate of drug-likeness (QED) is 0.922. The summed E-state index contributed by atoms with van der Waals surface area (Å²) in [5.74, 6) is -0.0820. The van der Waals surface area contributed by atoms with Crippen molar-refractivity contribution in [2.45, 2.75) is 6.04 Å². The zero-order chi connectivity index (χ0) is 15.4. The number of nitrogens with one attached hydrogen (secondary N) is 1. The number of likely N-dealkylation sites (N-methyl/N-ethyl adjacent to an activating group) is 1. The molecule has 0 spiro atoms. The number of carbonyl (C=O) groups is 1. The van der Waals surface area contributed by atoms with Gasteiger partial charge in [0.05, 0.1) is 6.04 Å². The number of rotatable bonds is 5. The first-order valence-electron chi connectivity index (χ1n) is 6.81. The minimum atomic E-state index is -0.0820. The third-order valence-electron chi connectivity index (χ3n) is 3.52. The Balaban J connectivity index is 2.10. The lowest BCUT2D eigenvalue weighted by Crippen LogP contribution is -2.35. The highest BCUT2D eigenvalue weighted by Crippen LogP contribution is 2.25. The second kappa shape index (κ2) is 6.78. The van der Waals surface area contributed by atoms with Gasteiger partial charge in [-0.3, -0.25) is 4.79 Å². The molecule has 1 aromatic heterocycles. The topological polar surface area (TPSA) is 37.3 Å². The molecule has 0 saturated carbocycles. The molecule has 0 bridgehead atoms. The molecule has 0 aliphatic carbocycles. The van der Waals surface area contributed by atoms with Crippen LogP contribution in [0.1, 0.15) is 22.1 Å². The van der Waals surface area contributed by atoms with Gasteiger partial charge in [0.2, 0.25) is 0 Å². The maximum atomic E-state index is 12.2. The molecule has 112 valence electrons. The molecule has 1 aromatic carbocycles. The summed E-state index contributed by atoms with van der Waals surface area (Å²) in [7, 11) is 5.80. The second-order valence-electron chi connectivity index (χ2n) is 5.22. The monoisotopic (exact) mass is 305 g/mol. The van der Waals surface area contributed by atoms with Gasteiger partial charge in [-0.2, -0.15) is 0 Å². The molecule has 2 aromatic rings. The minimum Gasteiger partial charge on any atom is -0.349 e. The van der Waals surface area contributed by atoms with Crippen molar-refractivity contribution in [2.75, 3.05) is 20.6 Å². The minimum absolute atomic E-state index is 0.0305. The zero-order valence-corrected chi connectivity index (χ0v) is 13.3. The summed E-state index contributed by atoms with van der Waals surface area (Å²) in [6, 6.07) is 11.4. The van der Waals surface area contributed by atoms with Gasteiger partial charge < -0.3 is 14.8 Å². The molecule has 0 aliphatic rings. The summed E-state index contributed by atoms with van der Waals surface area (Å²) in [5.41, 5.74) is 1.66. The average Bonchev–Trinajstić information content (AvgIpc) is 2.86. The van der Waals surface area contributed by atoms with Crippen molar-refractivity contribution >= 4 is 17.5 Å². The van der Waals surface area contributed by atoms with Crippen LogP contribution < -0.4 is 5.32 Å². The summed E-state index contributed by atoms with van der Waals surface area (Å²) >= 11 is 6.26. The molecule has 1 N–H and O–H groups in total. The zero-order valence-electron chi connectivity index (χ0n) is 12.5. The molecule has 0 aliphatic heterocycles. The Morgan fingerprint density at radius 2 is 2.00 bits per heavy atom. The van der Waals surface area contributed by atoms with Gasteiger partial charge in [0.25, 0.3) is 5.91 Å². The molecule has 0 fully saturated rings. The number of aryl methyl sites for hydroxylation is 1. The van der Waals surface area contributed by atoms with Crippen molar-refractivity contribution in [1.29, 1.82) is 0 Å². The van der Waals surface area contributed by atoms with Gasteiger partial charge in [-0.25, -0.2) is 0 Å². The summed E-state index contributed by atoms with van der Waals surface area (Å²) in [6.45, 7) is 0.501. The van der Waals surface area contributed by atoms with Crippen LogP contribution in [0.4, 0.5) is 0 Å². The van der Waals surface area contributed by atoms with Crippen LogP contribution in [0, 0.1) is 0 Å². The van der Waals surface area contributed by atoms with Crippen LogP contribution in [0.15, 0.2) is 42.6 Å². The lowest BCUT2D eigenvalue weighted by Gasteiger charge is -2.26. The Morgan fingerprint density at radius 1 is 1.29 bits per heavy atom. The normalized spacial score (nSPS) is 12.4. The Kier molecular flexibility index (Phi) is 5.04. The lowest BCUT2D eigenvalue weighted by molar-refractivity contribution is 0.0934. The third-order valence-corrected chi connectivity index (χ3v) is 3.86.